The van der Waals surface area contributed by atoms with E-state index in [1.54, 1.807) is 23.1 Å². The Balaban J connectivity index is 0.00000220. The highest BCUT2D eigenvalue weighted by Gasteiger charge is 2.20. The van der Waals surface area contributed by atoms with Crippen LogP contribution in [0.5, 0.6) is 0 Å². The number of ether oxygens (including phenoxy) is 1. The van der Waals surface area contributed by atoms with Crippen molar-refractivity contribution in [2.24, 2.45) is 5.73 Å². The molecule has 6 nitrogen and oxygen atoms in total. The summed E-state index contributed by atoms with van der Waals surface area (Å²) in [4.78, 5) is 25.2. The van der Waals surface area contributed by atoms with Crippen LogP contribution in [-0.2, 0) is 9.53 Å². The smallest absolute Gasteiger partial charge is 0.255 e. The van der Waals surface area contributed by atoms with Crippen LogP contribution in [-0.4, -0.2) is 49.6 Å². The first kappa shape index (κ1) is 17.7. The zero-order valence-corrected chi connectivity index (χ0v) is 12.9. The summed E-state index contributed by atoms with van der Waals surface area (Å²) in [5.74, 6) is -0.441. The summed E-state index contributed by atoms with van der Waals surface area (Å²) in [6.07, 6.45) is 0. The minimum absolute atomic E-state index is 0. The third kappa shape index (κ3) is 4.57. The molecular weight excluding hydrogens is 317 g/mol. The molecule has 2 rings (SSSR count). The molecule has 0 bridgehead atoms. The molecule has 21 heavy (non-hydrogen) atoms. The molecule has 0 spiro atoms. The van der Waals surface area contributed by atoms with Gasteiger partial charge in [-0.3, -0.25) is 9.59 Å². The Hall–Kier alpha value is -1.34. The van der Waals surface area contributed by atoms with Crippen LogP contribution < -0.4 is 11.1 Å². The molecule has 0 radical (unpaired) electrons. The molecule has 1 aliphatic rings. The van der Waals surface area contributed by atoms with Crippen LogP contribution in [0.25, 0.3) is 0 Å². The van der Waals surface area contributed by atoms with Gasteiger partial charge in [0.2, 0.25) is 5.91 Å². The molecule has 0 unspecified atom stereocenters. The van der Waals surface area contributed by atoms with Gasteiger partial charge in [0.1, 0.15) is 0 Å². The number of halogens is 2. The van der Waals surface area contributed by atoms with Crippen molar-refractivity contribution in [1.82, 2.24) is 4.90 Å². The van der Waals surface area contributed by atoms with Gasteiger partial charge in [-0.1, -0.05) is 11.6 Å². The van der Waals surface area contributed by atoms with E-state index >= 15 is 0 Å². The van der Waals surface area contributed by atoms with Crippen molar-refractivity contribution in [1.29, 1.82) is 0 Å². The average molecular weight is 334 g/mol. The van der Waals surface area contributed by atoms with E-state index in [0.717, 1.165) is 0 Å². The van der Waals surface area contributed by atoms with Crippen molar-refractivity contribution in [2.45, 2.75) is 0 Å². The Morgan fingerprint density at radius 3 is 2.57 bits per heavy atom. The van der Waals surface area contributed by atoms with Gasteiger partial charge in [0.25, 0.3) is 5.91 Å². The Labute approximate surface area is 134 Å². The molecular formula is C13H17Cl2N3O3. The van der Waals surface area contributed by atoms with Gasteiger partial charge < -0.3 is 20.7 Å². The second-order valence-electron chi connectivity index (χ2n) is 4.35. The maximum Gasteiger partial charge on any atom is 0.255 e. The van der Waals surface area contributed by atoms with Crippen LogP contribution in [0.1, 0.15) is 10.4 Å². The van der Waals surface area contributed by atoms with Gasteiger partial charge in [-0.05, 0) is 18.2 Å². The lowest BCUT2D eigenvalue weighted by molar-refractivity contribution is -0.114. The molecule has 1 aromatic rings. The summed E-state index contributed by atoms with van der Waals surface area (Å²) in [5, 5.41) is 2.89. The van der Waals surface area contributed by atoms with Gasteiger partial charge in [-0.25, -0.2) is 0 Å². The van der Waals surface area contributed by atoms with E-state index in [9.17, 15) is 9.59 Å². The Bertz CT molecular complexity index is 519. The predicted molar refractivity (Wildman–Crippen MR) is 83.1 cm³/mol. The Morgan fingerprint density at radius 2 is 2.00 bits per heavy atom. The molecule has 3 N–H and O–H groups in total. The zero-order chi connectivity index (χ0) is 14.5. The second-order valence-corrected chi connectivity index (χ2v) is 4.76. The highest BCUT2D eigenvalue weighted by Crippen LogP contribution is 2.22. The lowest BCUT2D eigenvalue weighted by Crippen LogP contribution is -2.40. The third-order valence-corrected chi connectivity index (χ3v) is 3.28. The van der Waals surface area contributed by atoms with Gasteiger partial charge in [0.05, 0.1) is 30.3 Å². The van der Waals surface area contributed by atoms with E-state index < -0.39 is 0 Å². The van der Waals surface area contributed by atoms with Crippen LogP contribution >= 0.6 is 24.0 Å². The standard InChI is InChI=1S/C13H16ClN3O3.ClH/c14-11-7-9(16-12(18)8-15)1-2-10(11)13(19)17-3-5-20-6-4-17;/h1-2,7H,3-6,8,15H2,(H,16,18);1H. The molecule has 0 aliphatic carbocycles. The maximum atomic E-state index is 12.3. The highest BCUT2D eigenvalue weighted by atomic mass is 35.5. The summed E-state index contributed by atoms with van der Waals surface area (Å²) >= 11 is 6.11. The first-order valence-corrected chi connectivity index (χ1v) is 6.66. The average Bonchev–Trinajstić information content (AvgIpc) is 2.47. The summed E-state index contributed by atoms with van der Waals surface area (Å²) in [6.45, 7) is 2.08. The summed E-state index contributed by atoms with van der Waals surface area (Å²) in [5.41, 5.74) is 6.15. The van der Waals surface area contributed by atoms with E-state index in [-0.39, 0.29) is 30.8 Å². The van der Waals surface area contributed by atoms with Crippen LogP contribution in [0.3, 0.4) is 0 Å². The molecule has 1 aromatic carbocycles. The zero-order valence-electron chi connectivity index (χ0n) is 11.3. The van der Waals surface area contributed by atoms with Crippen molar-refractivity contribution < 1.29 is 14.3 Å². The van der Waals surface area contributed by atoms with Crippen LogP contribution in [0.15, 0.2) is 18.2 Å². The number of rotatable bonds is 3. The highest BCUT2D eigenvalue weighted by molar-refractivity contribution is 6.34. The number of anilines is 1. The van der Waals surface area contributed by atoms with Crippen molar-refractivity contribution in [3.05, 3.63) is 28.8 Å². The summed E-state index contributed by atoms with van der Waals surface area (Å²) in [6, 6.07) is 4.78. The first-order valence-electron chi connectivity index (χ1n) is 6.28. The molecule has 8 heteroatoms. The van der Waals surface area contributed by atoms with Gasteiger partial charge in [0.15, 0.2) is 0 Å². The minimum atomic E-state index is -0.312. The Morgan fingerprint density at radius 1 is 1.33 bits per heavy atom. The van der Waals surface area contributed by atoms with Crippen molar-refractivity contribution >= 4 is 41.5 Å². The molecule has 1 aliphatic heterocycles. The summed E-state index contributed by atoms with van der Waals surface area (Å²) in [7, 11) is 0. The van der Waals surface area contributed by atoms with E-state index in [1.165, 1.54) is 0 Å². The van der Waals surface area contributed by atoms with E-state index in [2.05, 4.69) is 5.32 Å². The molecule has 1 fully saturated rings. The SMILES string of the molecule is Cl.NCC(=O)Nc1ccc(C(=O)N2CCOCC2)c(Cl)c1. The largest absolute Gasteiger partial charge is 0.378 e. The summed E-state index contributed by atoms with van der Waals surface area (Å²) < 4.78 is 5.20. The number of benzene rings is 1. The Kier molecular flexibility index (Phi) is 6.91. The number of morpholine rings is 1. The molecule has 0 saturated carbocycles. The van der Waals surface area contributed by atoms with Gasteiger partial charge in [-0.15, -0.1) is 12.4 Å². The lowest BCUT2D eigenvalue weighted by atomic mass is 10.1. The normalized spacial score (nSPS) is 14.3. The van der Waals surface area contributed by atoms with Crippen LogP contribution in [0, 0.1) is 0 Å². The van der Waals surface area contributed by atoms with Gasteiger partial charge in [0, 0.05) is 18.8 Å². The van der Waals surface area contributed by atoms with E-state index in [4.69, 9.17) is 22.1 Å². The number of carbonyl (C=O) groups is 2. The van der Waals surface area contributed by atoms with E-state index in [1.807, 2.05) is 0 Å². The first-order chi connectivity index (χ1) is 9.61. The monoisotopic (exact) mass is 333 g/mol. The number of amides is 2. The van der Waals surface area contributed by atoms with Gasteiger partial charge in [-0.2, -0.15) is 0 Å². The fourth-order valence-electron chi connectivity index (χ4n) is 1.92. The van der Waals surface area contributed by atoms with Crippen LogP contribution in [0.2, 0.25) is 5.02 Å². The molecule has 0 atom stereocenters. The lowest BCUT2D eigenvalue weighted by Gasteiger charge is -2.27. The molecule has 2 amide bonds. The van der Waals surface area contributed by atoms with E-state index in [0.29, 0.717) is 42.6 Å². The molecule has 1 saturated heterocycles. The van der Waals surface area contributed by atoms with Crippen molar-refractivity contribution in [3.63, 3.8) is 0 Å². The maximum absolute atomic E-state index is 12.3. The van der Waals surface area contributed by atoms with Crippen LogP contribution in [0.4, 0.5) is 5.69 Å². The minimum Gasteiger partial charge on any atom is -0.378 e. The number of nitrogens with two attached hydrogens (primary N) is 1. The number of hydrogen-bond acceptors (Lipinski definition) is 4. The number of nitrogens with one attached hydrogen (secondary N) is 1. The molecule has 0 aromatic heterocycles. The third-order valence-electron chi connectivity index (χ3n) is 2.97. The quantitative estimate of drug-likeness (QED) is 0.868. The fourth-order valence-corrected chi connectivity index (χ4v) is 2.18. The number of carbonyl (C=O) groups excluding carboxylic acids is 2. The number of hydrogen-bond donors (Lipinski definition) is 2. The predicted octanol–water partition coefficient (Wildman–Crippen LogP) is 1.13. The number of nitrogens with zero attached hydrogens (tertiary/aromatic N) is 1. The second kappa shape index (κ2) is 8.19. The van der Waals surface area contributed by atoms with Crippen molar-refractivity contribution in [2.75, 3.05) is 38.2 Å². The van der Waals surface area contributed by atoms with Gasteiger partial charge >= 0.3 is 0 Å². The fraction of sp³-hybridized carbons (Fsp3) is 0.385. The molecule has 1 heterocycles. The molecule has 116 valence electrons. The topological polar surface area (TPSA) is 84.7 Å². The van der Waals surface area contributed by atoms with Crippen molar-refractivity contribution in [3.8, 4) is 0 Å².